The van der Waals surface area contributed by atoms with Gasteiger partial charge < -0.3 is 9.64 Å². The quantitative estimate of drug-likeness (QED) is 0.657. The summed E-state index contributed by atoms with van der Waals surface area (Å²) in [5, 5.41) is 9.80. The monoisotopic (exact) mass is 403 g/mol. The van der Waals surface area contributed by atoms with Crippen molar-refractivity contribution in [2.45, 2.75) is 19.4 Å². The van der Waals surface area contributed by atoms with Crippen LogP contribution in [0, 0.1) is 5.92 Å². The Morgan fingerprint density at radius 3 is 2.59 bits per heavy atom. The summed E-state index contributed by atoms with van der Waals surface area (Å²) >= 11 is 13.5. The van der Waals surface area contributed by atoms with E-state index in [4.69, 9.17) is 27.9 Å². The van der Waals surface area contributed by atoms with Gasteiger partial charge in [0, 0.05) is 37.0 Å². The third-order valence-electron chi connectivity index (χ3n) is 5.23. The van der Waals surface area contributed by atoms with E-state index in [9.17, 15) is 0 Å². The van der Waals surface area contributed by atoms with Crippen LogP contribution in [0.1, 0.15) is 12.8 Å². The van der Waals surface area contributed by atoms with Crippen LogP contribution in [-0.2, 0) is 11.3 Å². The van der Waals surface area contributed by atoms with Crippen molar-refractivity contribution in [3.63, 3.8) is 0 Å². The Balaban J connectivity index is 1.56. The second kappa shape index (κ2) is 6.93. The minimum Gasteiger partial charge on any atom is -0.378 e. The molecular weight excluding hydrogens is 385 g/mol. The fourth-order valence-electron chi connectivity index (χ4n) is 3.53. The first-order valence-electron chi connectivity index (χ1n) is 9.21. The molecule has 0 amide bonds. The normalized spacial score (nSPS) is 17.6. The molecular formula is C19H19Cl2N5O. The summed E-state index contributed by atoms with van der Waals surface area (Å²) < 4.78 is 7.38. The molecule has 140 valence electrons. The second-order valence-corrected chi connectivity index (χ2v) is 7.86. The number of halogens is 2. The van der Waals surface area contributed by atoms with Gasteiger partial charge >= 0.3 is 0 Å². The highest BCUT2D eigenvalue weighted by atomic mass is 35.5. The lowest BCUT2D eigenvalue weighted by Crippen LogP contribution is -2.37. The van der Waals surface area contributed by atoms with Crippen molar-refractivity contribution in [1.29, 1.82) is 0 Å². The molecule has 1 aliphatic carbocycles. The number of anilines is 1. The molecule has 2 fully saturated rings. The lowest BCUT2D eigenvalue weighted by Gasteiger charge is -2.29. The summed E-state index contributed by atoms with van der Waals surface area (Å²) in [6.45, 7) is 3.82. The van der Waals surface area contributed by atoms with Gasteiger partial charge in [-0.3, -0.25) is 0 Å². The van der Waals surface area contributed by atoms with E-state index in [-0.39, 0.29) is 0 Å². The number of nitrogens with zero attached hydrogens (tertiary/aromatic N) is 5. The Morgan fingerprint density at radius 1 is 1.04 bits per heavy atom. The second-order valence-electron chi connectivity index (χ2n) is 7.11. The molecule has 1 aliphatic heterocycles. The van der Waals surface area contributed by atoms with Crippen LogP contribution in [0.4, 0.5) is 5.82 Å². The van der Waals surface area contributed by atoms with Gasteiger partial charge in [0.25, 0.3) is 0 Å². The average Bonchev–Trinajstić information content (AvgIpc) is 3.42. The fraction of sp³-hybridized carbons (Fsp3) is 0.421. The highest BCUT2D eigenvalue weighted by Crippen LogP contribution is 2.40. The number of aromatic nitrogens is 4. The number of pyridine rings is 1. The van der Waals surface area contributed by atoms with E-state index in [1.165, 1.54) is 12.8 Å². The van der Waals surface area contributed by atoms with Crippen LogP contribution in [0.2, 0.25) is 10.0 Å². The van der Waals surface area contributed by atoms with Gasteiger partial charge in [-0.1, -0.05) is 34.5 Å². The van der Waals surface area contributed by atoms with Gasteiger partial charge in [0.1, 0.15) is 11.3 Å². The molecule has 0 N–H and O–H groups in total. The molecule has 0 bridgehead atoms. The molecule has 27 heavy (non-hydrogen) atoms. The number of fused-ring (bicyclic) bond motifs is 1. The van der Waals surface area contributed by atoms with Crippen LogP contribution in [0.5, 0.6) is 0 Å². The first kappa shape index (κ1) is 17.2. The molecule has 3 aromatic rings. The van der Waals surface area contributed by atoms with Crippen LogP contribution in [0.25, 0.3) is 22.2 Å². The number of benzene rings is 1. The van der Waals surface area contributed by atoms with Gasteiger partial charge in [-0.25, -0.2) is 9.67 Å². The van der Waals surface area contributed by atoms with E-state index in [0.29, 0.717) is 23.3 Å². The Kier molecular flexibility index (Phi) is 4.42. The summed E-state index contributed by atoms with van der Waals surface area (Å²) in [7, 11) is 0. The molecule has 0 spiro atoms. The Labute approximate surface area is 167 Å². The molecule has 3 heterocycles. The molecule has 1 aromatic carbocycles. The maximum absolute atomic E-state index is 6.74. The van der Waals surface area contributed by atoms with Crippen molar-refractivity contribution < 1.29 is 4.74 Å². The summed E-state index contributed by atoms with van der Waals surface area (Å²) in [5.74, 6) is 1.49. The summed E-state index contributed by atoms with van der Waals surface area (Å²) in [5.41, 5.74) is 3.39. The zero-order valence-corrected chi connectivity index (χ0v) is 16.2. The first-order chi connectivity index (χ1) is 13.2. The molecule has 1 saturated carbocycles. The third kappa shape index (κ3) is 3.16. The zero-order valence-electron chi connectivity index (χ0n) is 14.7. The number of hydrogen-bond acceptors (Lipinski definition) is 5. The van der Waals surface area contributed by atoms with Crippen LogP contribution < -0.4 is 4.90 Å². The first-order valence-corrected chi connectivity index (χ1v) is 9.97. The van der Waals surface area contributed by atoms with Crippen LogP contribution >= 0.6 is 23.2 Å². The average molecular weight is 404 g/mol. The molecule has 2 aliphatic rings. The van der Waals surface area contributed by atoms with Crippen LogP contribution in [-0.4, -0.2) is 46.3 Å². The van der Waals surface area contributed by atoms with E-state index in [0.717, 1.165) is 53.5 Å². The maximum atomic E-state index is 6.74. The van der Waals surface area contributed by atoms with Crippen molar-refractivity contribution in [2.24, 2.45) is 5.92 Å². The van der Waals surface area contributed by atoms with Gasteiger partial charge in [0.15, 0.2) is 0 Å². The third-order valence-corrected chi connectivity index (χ3v) is 5.98. The molecule has 0 radical (unpaired) electrons. The Bertz CT molecular complexity index is 995. The van der Waals surface area contributed by atoms with Crippen molar-refractivity contribution >= 4 is 40.1 Å². The van der Waals surface area contributed by atoms with Gasteiger partial charge in [0.2, 0.25) is 0 Å². The summed E-state index contributed by atoms with van der Waals surface area (Å²) in [4.78, 5) is 6.63. The molecule has 5 rings (SSSR count). The number of ether oxygens (including phenoxy) is 1. The molecule has 6 nitrogen and oxygen atoms in total. The topological polar surface area (TPSA) is 56.1 Å². The standard InChI is InChI=1S/C19H19Cl2N5O/c20-16-13(3-4-15-18(16)23-24-26(15)11-12-1-2-12)14-5-6-22-19(17(14)21)25-7-9-27-10-8-25/h3-6,12H,1-2,7-11H2. The Morgan fingerprint density at radius 2 is 1.81 bits per heavy atom. The highest BCUT2D eigenvalue weighted by Gasteiger charge is 2.24. The lowest BCUT2D eigenvalue weighted by molar-refractivity contribution is 0.122. The van der Waals surface area contributed by atoms with Crippen molar-refractivity contribution in [1.82, 2.24) is 20.0 Å². The minimum absolute atomic E-state index is 0.579. The predicted molar refractivity (Wildman–Crippen MR) is 107 cm³/mol. The van der Waals surface area contributed by atoms with Gasteiger partial charge in [-0.2, -0.15) is 0 Å². The van der Waals surface area contributed by atoms with E-state index in [1.807, 2.05) is 22.9 Å². The summed E-state index contributed by atoms with van der Waals surface area (Å²) in [6.07, 6.45) is 4.31. The van der Waals surface area contributed by atoms with Gasteiger partial charge in [-0.05, 0) is 30.9 Å². The highest BCUT2D eigenvalue weighted by molar-refractivity contribution is 6.40. The molecule has 8 heteroatoms. The lowest BCUT2D eigenvalue weighted by atomic mass is 10.1. The molecule has 0 unspecified atom stereocenters. The summed E-state index contributed by atoms with van der Waals surface area (Å²) in [6, 6.07) is 5.93. The maximum Gasteiger partial charge on any atom is 0.148 e. The molecule has 2 aromatic heterocycles. The van der Waals surface area contributed by atoms with E-state index in [2.05, 4.69) is 20.2 Å². The fourth-order valence-corrected chi connectivity index (χ4v) is 4.16. The predicted octanol–water partition coefficient (Wildman–Crippen LogP) is 4.05. The SMILES string of the molecule is Clc1c(-c2ccc3c(nnn3CC3CC3)c2Cl)ccnc1N1CCOCC1. The number of rotatable bonds is 4. The van der Waals surface area contributed by atoms with Gasteiger partial charge in [0.05, 0.1) is 28.8 Å². The van der Waals surface area contributed by atoms with Gasteiger partial charge in [-0.15, -0.1) is 5.10 Å². The van der Waals surface area contributed by atoms with Crippen LogP contribution in [0.3, 0.4) is 0 Å². The minimum atomic E-state index is 0.579. The van der Waals surface area contributed by atoms with Crippen LogP contribution in [0.15, 0.2) is 24.4 Å². The Hall–Kier alpha value is -1.89. The number of hydrogen-bond donors (Lipinski definition) is 0. The molecule has 0 atom stereocenters. The van der Waals surface area contributed by atoms with Crippen molar-refractivity contribution in [3.8, 4) is 11.1 Å². The zero-order chi connectivity index (χ0) is 18.4. The molecule has 1 saturated heterocycles. The smallest absolute Gasteiger partial charge is 0.148 e. The van der Waals surface area contributed by atoms with E-state index < -0.39 is 0 Å². The van der Waals surface area contributed by atoms with E-state index >= 15 is 0 Å². The van der Waals surface area contributed by atoms with Crippen molar-refractivity contribution in [2.75, 3.05) is 31.2 Å². The largest absolute Gasteiger partial charge is 0.378 e. The van der Waals surface area contributed by atoms with Crippen molar-refractivity contribution in [3.05, 3.63) is 34.4 Å². The van der Waals surface area contributed by atoms with E-state index in [1.54, 1.807) is 6.20 Å². The number of morpholine rings is 1.